The monoisotopic (exact) mass is 357 g/mol. The molecule has 0 atom stereocenters. The zero-order chi connectivity index (χ0) is 16.8. The lowest BCUT2D eigenvalue weighted by atomic mass is 10.2. The molecule has 0 saturated heterocycles. The Morgan fingerprint density at radius 3 is 2.79 bits per heavy atom. The van der Waals surface area contributed by atoms with Crippen molar-refractivity contribution in [2.75, 3.05) is 0 Å². The molecule has 5 nitrogen and oxygen atoms in total. The van der Waals surface area contributed by atoms with Crippen LogP contribution in [-0.4, -0.2) is 21.7 Å². The summed E-state index contributed by atoms with van der Waals surface area (Å²) in [5, 5.41) is 7.45. The van der Waals surface area contributed by atoms with E-state index < -0.39 is 0 Å². The van der Waals surface area contributed by atoms with E-state index in [4.69, 9.17) is 0 Å². The van der Waals surface area contributed by atoms with E-state index >= 15 is 0 Å². The van der Waals surface area contributed by atoms with Crippen molar-refractivity contribution in [3.8, 4) is 10.6 Å². The van der Waals surface area contributed by atoms with Gasteiger partial charge in [-0.3, -0.25) is 14.6 Å². The average Bonchev–Trinajstić information content (AvgIpc) is 3.30. The van der Waals surface area contributed by atoms with Crippen LogP contribution in [0.4, 0.5) is 0 Å². The highest BCUT2D eigenvalue weighted by Crippen LogP contribution is 2.22. The molecule has 3 heterocycles. The van der Waals surface area contributed by atoms with Crippen molar-refractivity contribution < 1.29 is 9.59 Å². The molecule has 3 aromatic heterocycles. The summed E-state index contributed by atoms with van der Waals surface area (Å²) in [6, 6.07) is 7.42. The summed E-state index contributed by atoms with van der Waals surface area (Å²) in [6.07, 6.45) is 3.90. The molecule has 3 aromatic rings. The maximum Gasteiger partial charge on any atom is 0.220 e. The van der Waals surface area contributed by atoms with Crippen LogP contribution in [0, 0.1) is 0 Å². The van der Waals surface area contributed by atoms with Gasteiger partial charge in [0, 0.05) is 36.2 Å². The fourth-order valence-electron chi connectivity index (χ4n) is 2.08. The van der Waals surface area contributed by atoms with Gasteiger partial charge in [0.15, 0.2) is 5.78 Å². The molecule has 0 fully saturated rings. The molecule has 3 rings (SSSR count). The zero-order valence-corrected chi connectivity index (χ0v) is 14.4. The van der Waals surface area contributed by atoms with Crippen LogP contribution in [0.1, 0.15) is 28.2 Å². The summed E-state index contributed by atoms with van der Waals surface area (Å²) in [5.74, 6) is -0.136. The second-order valence-electron chi connectivity index (χ2n) is 5.06. The Morgan fingerprint density at radius 1 is 1.12 bits per heavy atom. The van der Waals surface area contributed by atoms with E-state index in [1.54, 1.807) is 18.5 Å². The Balaban J connectivity index is 1.46. The number of carbonyl (C=O) groups is 2. The number of hydrogen-bond acceptors (Lipinski definition) is 6. The standard InChI is InChI=1S/C17H15N3O2S2/c21-14(15-4-2-8-23-15)5-6-16(22)19-10-13-11-24-17(20-13)12-3-1-7-18-9-12/h1-4,7-9,11H,5-6,10H2,(H,19,22). The van der Waals surface area contributed by atoms with Gasteiger partial charge in [-0.15, -0.1) is 22.7 Å². The van der Waals surface area contributed by atoms with Gasteiger partial charge >= 0.3 is 0 Å². The maximum absolute atomic E-state index is 11.9. The van der Waals surface area contributed by atoms with Crippen LogP contribution in [0.5, 0.6) is 0 Å². The number of thiophene rings is 1. The quantitative estimate of drug-likeness (QED) is 0.657. The molecule has 0 bridgehead atoms. The number of thiazole rings is 1. The highest BCUT2D eigenvalue weighted by atomic mass is 32.1. The molecule has 0 aliphatic carbocycles. The molecule has 122 valence electrons. The Labute approximate surface area is 147 Å². The van der Waals surface area contributed by atoms with Crippen LogP contribution in [0.25, 0.3) is 10.6 Å². The van der Waals surface area contributed by atoms with Crippen molar-refractivity contribution in [1.82, 2.24) is 15.3 Å². The molecule has 0 spiro atoms. The van der Waals surface area contributed by atoms with Gasteiger partial charge in [-0.1, -0.05) is 6.07 Å². The molecule has 0 aliphatic rings. The molecule has 0 radical (unpaired) electrons. The van der Waals surface area contributed by atoms with Crippen molar-refractivity contribution in [2.24, 2.45) is 0 Å². The van der Waals surface area contributed by atoms with Gasteiger partial charge in [0.1, 0.15) is 5.01 Å². The maximum atomic E-state index is 11.9. The minimum atomic E-state index is -0.143. The largest absolute Gasteiger partial charge is 0.350 e. The van der Waals surface area contributed by atoms with Gasteiger partial charge in [0.2, 0.25) is 5.91 Å². The minimum Gasteiger partial charge on any atom is -0.350 e. The van der Waals surface area contributed by atoms with E-state index in [2.05, 4.69) is 15.3 Å². The number of ketones is 1. The van der Waals surface area contributed by atoms with Gasteiger partial charge in [0.25, 0.3) is 0 Å². The first-order valence-corrected chi connectivity index (χ1v) is 9.16. The lowest BCUT2D eigenvalue weighted by molar-refractivity contribution is -0.121. The minimum absolute atomic E-state index is 0.00710. The second kappa shape index (κ2) is 7.94. The lowest BCUT2D eigenvalue weighted by Gasteiger charge is -2.02. The third-order valence-corrected chi connectivity index (χ3v) is 5.15. The summed E-state index contributed by atoms with van der Waals surface area (Å²) >= 11 is 2.91. The average molecular weight is 357 g/mol. The normalized spacial score (nSPS) is 10.5. The van der Waals surface area contributed by atoms with Crippen LogP contribution in [0.2, 0.25) is 0 Å². The third-order valence-electron chi connectivity index (χ3n) is 3.30. The van der Waals surface area contributed by atoms with Crippen molar-refractivity contribution in [3.63, 3.8) is 0 Å². The summed E-state index contributed by atoms with van der Waals surface area (Å²) in [5.41, 5.74) is 1.76. The Morgan fingerprint density at radius 2 is 2.04 bits per heavy atom. The van der Waals surface area contributed by atoms with Gasteiger partial charge in [-0.05, 0) is 23.6 Å². The number of Topliss-reactive ketones (excluding diaryl/α,β-unsaturated/α-hetero) is 1. The van der Waals surface area contributed by atoms with Crippen LogP contribution >= 0.6 is 22.7 Å². The number of amides is 1. The van der Waals surface area contributed by atoms with Crippen LogP contribution in [0.3, 0.4) is 0 Å². The van der Waals surface area contributed by atoms with E-state index in [1.807, 2.05) is 29.0 Å². The molecule has 24 heavy (non-hydrogen) atoms. The fourth-order valence-corrected chi connectivity index (χ4v) is 3.58. The number of aromatic nitrogens is 2. The Hall–Kier alpha value is -2.38. The number of nitrogens with one attached hydrogen (secondary N) is 1. The van der Waals surface area contributed by atoms with Crippen molar-refractivity contribution in [1.29, 1.82) is 0 Å². The highest BCUT2D eigenvalue weighted by Gasteiger charge is 2.11. The van der Waals surface area contributed by atoms with Crippen LogP contribution < -0.4 is 5.32 Å². The summed E-state index contributed by atoms with van der Waals surface area (Å²) in [7, 11) is 0. The van der Waals surface area contributed by atoms with Gasteiger partial charge in [-0.2, -0.15) is 0 Å². The zero-order valence-electron chi connectivity index (χ0n) is 12.8. The first-order chi connectivity index (χ1) is 11.7. The molecule has 0 aliphatic heterocycles. The Kier molecular flexibility index (Phi) is 5.45. The molecular weight excluding hydrogens is 342 g/mol. The van der Waals surface area contributed by atoms with E-state index in [-0.39, 0.29) is 24.5 Å². The molecule has 1 N–H and O–H groups in total. The number of rotatable bonds is 7. The van der Waals surface area contributed by atoms with Gasteiger partial charge in [0.05, 0.1) is 17.1 Å². The summed E-state index contributed by atoms with van der Waals surface area (Å²) in [6.45, 7) is 0.364. The topological polar surface area (TPSA) is 72.0 Å². The first-order valence-electron chi connectivity index (χ1n) is 7.40. The SMILES string of the molecule is O=C(CCC(=O)c1cccs1)NCc1csc(-c2cccnc2)n1. The molecule has 0 saturated carbocycles. The van der Waals surface area contributed by atoms with E-state index in [0.717, 1.165) is 16.3 Å². The molecule has 1 amide bonds. The second-order valence-corrected chi connectivity index (χ2v) is 6.87. The van der Waals surface area contributed by atoms with Crippen molar-refractivity contribution in [2.45, 2.75) is 19.4 Å². The summed E-state index contributed by atoms with van der Waals surface area (Å²) < 4.78 is 0. The van der Waals surface area contributed by atoms with Crippen LogP contribution in [-0.2, 0) is 11.3 Å². The van der Waals surface area contributed by atoms with E-state index in [0.29, 0.717) is 11.4 Å². The van der Waals surface area contributed by atoms with Gasteiger partial charge in [-0.25, -0.2) is 4.98 Å². The lowest BCUT2D eigenvalue weighted by Crippen LogP contribution is -2.23. The van der Waals surface area contributed by atoms with E-state index in [9.17, 15) is 9.59 Å². The number of hydrogen-bond donors (Lipinski definition) is 1. The predicted molar refractivity (Wildman–Crippen MR) is 95.1 cm³/mol. The smallest absolute Gasteiger partial charge is 0.220 e. The number of pyridine rings is 1. The number of nitrogens with zero attached hydrogens (tertiary/aromatic N) is 2. The van der Waals surface area contributed by atoms with Crippen LogP contribution in [0.15, 0.2) is 47.4 Å². The molecule has 7 heteroatoms. The summed E-state index contributed by atoms with van der Waals surface area (Å²) in [4.78, 5) is 33.0. The van der Waals surface area contributed by atoms with Crippen molar-refractivity contribution >= 4 is 34.4 Å². The number of carbonyl (C=O) groups excluding carboxylic acids is 2. The first kappa shape index (κ1) is 16.5. The third kappa shape index (κ3) is 4.33. The predicted octanol–water partition coefficient (Wildman–Crippen LogP) is 3.55. The molecule has 0 aromatic carbocycles. The highest BCUT2D eigenvalue weighted by molar-refractivity contribution is 7.13. The Bertz CT molecular complexity index is 814. The van der Waals surface area contributed by atoms with Gasteiger partial charge < -0.3 is 5.32 Å². The molecular formula is C17H15N3O2S2. The van der Waals surface area contributed by atoms with Crippen molar-refractivity contribution in [3.05, 3.63) is 58.0 Å². The molecule has 0 unspecified atom stereocenters. The van der Waals surface area contributed by atoms with E-state index in [1.165, 1.54) is 22.7 Å². The fraction of sp³-hybridized carbons (Fsp3) is 0.176.